The lowest BCUT2D eigenvalue weighted by Crippen LogP contribution is -2.51. The number of fused-ring (bicyclic) bond motifs is 2. The van der Waals surface area contributed by atoms with Gasteiger partial charge >= 0.3 is 0 Å². The number of amides is 2. The van der Waals surface area contributed by atoms with E-state index >= 15 is 0 Å². The van der Waals surface area contributed by atoms with Crippen molar-refractivity contribution in [2.45, 2.75) is 18.3 Å². The minimum atomic E-state index is -0.320. The number of piperidine rings is 1. The molecule has 0 radical (unpaired) electrons. The van der Waals surface area contributed by atoms with Crippen LogP contribution in [0.25, 0.3) is 11.3 Å². The molecule has 30 heavy (non-hydrogen) atoms. The average Bonchev–Trinajstić information content (AvgIpc) is 3.26. The molecule has 152 valence electrons. The number of carbonyl (C=O) groups is 2. The lowest BCUT2D eigenvalue weighted by atomic mass is 9.73. The van der Waals surface area contributed by atoms with Crippen LogP contribution in [0, 0.1) is 0 Å². The summed E-state index contributed by atoms with van der Waals surface area (Å²) in [4.78, 5) is 36.7. The fourth-order valence-electron chi connectivity index (χ4n) is 4.32. The van der Waals surface area contributed by atoms with Gasteiger partial charge in [0.15, 0.2) is 0 Å². The summed E-state index contributed by atoms with van der Waals surface area (Å²) < 4.78 is 0. The van der Waals surface area contributed by atoms with E-state index in [-0.39, 0.29) is 17.2 Å². The first-order valence-corrected chi connectivity index (χ1v) is 10.1. The summed E-state index contributed by atoms with van der Waals surface area (Å²) >= 11 is 0. The Kier molecular flexibility index (Phi) is 4.55. The van der Waals surface area contributed by atoms with Crippen molar-refractivity contribution in [2.24, 2.45) is 0 Å². The number of hydrogen-bond donors (Lipinski definition) is 4. The number of hydrogen-bond acceptors (Lipinski definition) is 5. The Balaban J connectivity index is 1.46. The van der Waals surface area contributed by atoms with Crippen LogP contribution in [0.2, 0.25) is 0 Å². The summed E-state index contributed by atoms with van der Waals surface area (Å²) in [5.41, 5.74) is 3.67. The number of anilines is 1. The van der Waals surface area contributed by atoms with Gasteiger partial charge < -0.3 is 20.9 Å². The molecule has 0 aliphatic carbocycles. The highest BCUT2D eigenvalue weighted by molar-refractivity contribution is 6.02. The van der Waals surface area contributed by atoms with Crippen molar-refractivity contribution in [1.29, 1.82) is 0 Å². The van der Waals surface area contributed by atoms with E-state index in [0.29, 0.717) is 23.6 Å². The first-order chi connectivity index (χ1) is 14.6. The van der Waals surface area contributed by atoms with Gasteiger partial charge in [-0.2, -0.15) is 0 Å². The van der Waals surface area contributed by atoms with Gasteiger partial charge in [0.05, 0.1) is 5.56 Å². The fourth-order valence-corrected chi connectivity index (χ4v) is 4.32. The first kappa shape index (κ1) is 18.5. The molecule has 8 nitrogen and oxygen atoms in total. The van der Waals surface area contributed by atoms with Gasteiger partial charge in [-0.1, -0.05) is 6.07 Å². The standard InChI is InChI=1S/C22H22N6O2/c29-20-15-12-17(27-19(15)22(13-26-20)5-9-23-10-6-22)14-4-8-25-18(11-14)28-21(30)16-3-1-2-7-24-16/h1-4,7-8,11-12,23,27H,5-6,9-10,13H2,(H,26,29)(H,25,28,30). The molecule has 2 aliphatic heterocycles. The Morgan fingerprint density at radius 1 is 1.07 bits per heavy atom. The van der Waals surface area contributed by atoms with Crippen LogP contribution >= 0.6 is 0 Å². The Morgan fingerprint density at radius 2 is 1.93 bits per heavy atom. The van der Waals surface area contributed by atoms with Gasteiger partial charge in [-0.15, -0.1) is 0 Å². The molecule has 1 spiro atoms. The molecule has 0 saturated carbocycles. The van der Waals surface area contributed by atoms with Crippen LogP contribution in [0.3, 0.4) is 0 Å². The number of aromatic amines is 1. The maximum Gasteiger partial charge on any atom is 0.275 e. The van der Waals surface area contributed by atoms with Crippen LogP contribution in [-0.4, -0.2) is 46.4 Å². The fraction of sp³-hybridized carbons (Fsp3) is 0.273. The van der Waals surface area contributed by atoms with E-state index < -0.39 is 0 Å². The van der Waals surface area contributed by atoms with Crippen molar-refractivity contribution in [3.8, 4) is 11.3 Å². The zero-order valence-corrected chi connectivity index (χ0v) is 16.4. The highest BCUT2D eigenvalue weighted by Gasteiger charge is 2.42. The van der Waals surface area contributed by atoms with E-state index in [1.807, 2.05) is 12.1 Å². The second kappa shape index (κ2) is 7.38. The molecule has 3 aromatic heterocycles. The van der Waals surface area contributed by atoms with Crippen LogP contribution < -0.4 is 16.0 Å². The van der Waals surface area contributed by atoms with Crippen molar-refractivity contribution in [2.75, 3.05) is 25.0 Å². The van der Waals surface area contributed by atoms with Crippen LogP contribution in [0.4, 0.5) is 5.82 Å². The number of carbonyl (C=O) groups excluding carboxylic acids is 2. The smallest absolute Gasteiger partial charge is 0.275 e. The minimum absolute atomic E-state index is 0.0469. The topological polar surface area (TPSA) is 112 Å². The second-order valence-electron chi connectivity index (χ2n) is 7.78. The van der Waals surface area contributed by atoms with E-state index in [0.717, 1.165) is 42.9 Å². The summed E-state index contributed by atoms with van der Waals surface area (Å²) in [6, 6.07) is 10.7. The van der Waals surface area contributed by atoms with Crippen LogP contribution in [0.1, 0.15) is 39.4 Å². The summed E-state index contributed by atoms with van der Waals surface area (Å²) in [7, 11) is 0. The third-order valence-corrected chi connectivity index (χ3v) is 5.95. The largest absolute Gasteiger partial charge is 0.357 e. The van der Waals surface area contributed by atoms with Gasteiger partial charge in [0.25, 0.3) is 11.8 Å². The highest BCUT2D eigenvalue weighted by atomic mass is 16.2. The SMILES string of the molecule is O=C(Nc1cc(-c2cc3c([nH]2)C2(CCNCC2)CNC3=O)ccn1)c1ccccn1. The van der Waals surface area contributed by atoms with Gasteiger partial charge in [-0.25, -0.2) is 4.98 Å². The minimum Gasteiger partial charge on any atom is -0.357 e. The molecule has 2 amide bonds. The van der Waals surface area contributed by atoms with Gasteiger partial charge in [0, 0.05) is 41.3 Å². The molecule has 2 aliphatic rings. The van der Waals surface area contributed by atoms with Gasteiger partial charge in [0.1, 0.15) is 11.5 Å². The number of nitrogens with one attached hydrogen (secondary N) is 4. The van der Waals surface area contributed by atoms with E-state index in [1.165, 1.54) is 0 Å². The molecular formula is C22H22N6O2. The van der Waals surface area contributed by atoms with Gasteiger partial charge in [0.2, 0.25) is 0 Å². The van der Waals surface area contributed by atoms with Gasteiger partial charge in [-0.3, -0.25) is 14.6 Å². The monoisotopic (exact) mass is 402 g/mol. The summed E-state index contributed by atoms with van der Waals surface area (Å²) in [6.45, 7) is 2.52. The molecular weight excluding hydrogens is 380 g/mol. The number of rotatable bonds is 3. The Labute approximate surface area is 173 Å². The van der Waals surface area contributed by atoms with E-state index in [9.17, 15) is 9.59 Å². The molecule has 0 bridgehead atoms. The lowest BCUT2D eigenvalue weighted by molar-refractivity contribution is 0.0913. The molecule has 1 saturated heterocycles. The normalized spacial score (nSPS) is 17.3. The summed E-state index contributed by atoms with van der Waals surface area (Å²) in [5, 5.41) is 9.23. The number of nitrogens with zero attached hydrogens (tertiary/aromatic N) is 2. The Hall–Kier alpha value is -3.52. The number of aromatic nitrogens is 3. The van der Waals surface area contributed by atoms with Crippen LogP contribution in [0.15, 0.2) is 48.8 Å². The molecule has 5 rings (SSSR count). The maximum absolute atomic E-state index is 12.5. The molecule has 1 fully saturated rings. The zero-order chi connectivity index (χ0) is 20.6. The van der Waals surface area contributed by atoms with E-state index in [1.54, 1.807) is 36.7 Å². The molecule has 0 atom stereocenters. The Bertz CT molecular complexity index is 1100. The van der Waals surface area contributed by atoms with Crippen LogP contribution in [-0.2, 0) is 5.41 Å². The molecule has 0 unspecified atom stereocenters. The third kappa shape index (κ3) is 3.25. The lowest BCUT2D eigenvalue weighted by Gasteiger charge is -2.40. The van der Waals surface area contributed by atoms with E-state index in [2.05, 4.69) is 30.9 Å². The summed E-state index contributed by atoms with van der Waals surface area (Å²) in [5.74, 6) is 0.0604. The summed E-state index contributed by atoms with van der Waals surface area (Å²) in [6.07, 6.45) is 5.16. The van der Waals surface area contributed by atoms with Crippen molar-refractivity contribution in [3.05, 3.63) is 65.7 Å². The average molecular weight is 402 g/mol. The Morgan fingerprint density at radius 3 is 2.73 bits per heavy atom. The first-order valence-electron chi connectivity index (χ1n) is 10.1. The molecule has 3 aromatic rings. The van der Waals surface area contributed by atoms with Crippen molar-refractivity contribution in [1.82, 2.24) is 25.6 Å². The molecule has 0 aromatic carbocycles. The molecule has 8 heteroatoms. The third-order valence-electron chi connectivity index (χ3n) is 5.95. The highest BCUT2D eigenvalue weighted by Crippen LogP contribution is 2.39. The van der Waals surface area contributed by atoms with Crippen molar-refractivity contribution < 1.29 is 9.59 Å². The predicted molar refractivity (Wildman–Crippen MR) is 112 cm³/mol. The predicted octanol–water partition coefficient (Wildman–Crippen LogP) is 2.09. The van der Waals surface area contributed by atoms with E-state index in [4.69, 9.17) is 0 Å². The number of H-pyrrole nitrogens is 1. The second-order valence-corrected chi connectivity index (χ2v) is 7.78. The molecule has 4 N–H and O–H groups in total. The van der Waals surface area contributed by atoms with Crippen molar-refractivity contribution >= 4 is 17.6 Å². The van der Waals surface area contributed by atoms with Gasteiger partial charge in [-0.05, 0) is 56.3 Å². The number of pyridine rings is 2. The quantitative estimate of drug-likeness (QED) is 0.536. The zero-order valence-electron chi connectivity index (χ0n) is 16.4. The van der Waals surface area contributed by atoms with Crippen molar-refractivity contribution in [3.63, 3.8) is 0 Å². The maximum atomic E-state index is 12.5. The van der Waals surface area contributed by atoms with Crippen LogP contribution in [0.5, 0.6) is 0 Å². The molecule has 5 heterocycles.